The van der Waals surface area contributed by atoms with Gasteiger partial charge in [0.1, 0.15) is 18.8 Å². The number of esters is 2. The van der Waals surface area contributed by atoms with E-state index in [1.165, 1.54) is 14.0 Å². The standard InChI is InChI=1S/C19H25NO8/c1-13(21)27-16-11-18(28-15(16)10-17(22)24-2)25-9-8-20-19(23)26-12-14-6-4-3-5-7-14/h3-7,15-16,18H,8-12H2,1-2H3,(H,20,23)/t15-,16+,18?/m1/s1. The summed E-state index contributed by atoms with van der Waals surface area (Å²) in [5.41, 5.74) is 0.890. The molecule has 0 aliphatic carbocycles. The fourth-order valence-electron chi connectivity index (χ4n) is 2.67. The molecule has 1 aromatic rings. The number of hydrogen-bond donors (Lipinski definition) is 1. The molecule has 2 rings (SSSR count). The predicted octanol–water partition coefficient (Wildman–Crippen LogP) is 1.54. The number of carbonyl (C=O) groups excluding carboxylic acids is 3. The van der Waals surface area contributed by atoms with Crippen molar-refractivity contribution in [2.75, 3.05) is 20.3 Å². The van der Waals surface area contributed by atoms with E-state index in [1.807, 2.05) is 30.3 Å². The number of rotatable bonds is 9. The Hall–Kier alpha value is -2.65. The molecule has 1 N–H and O–H groups in total. The summed E-state index contributed by atoms with van der Waals surface area (Å²) < 4.78 is 26.0. The minimum absolute atomic E-state index is 0.0433. The van der Waals surface area contributed by atoms with Crippen molar-refractivity contribution in [2.24, 2.45) is 0 Å². The van der Waals surface area contributed by atoms with Crippen LogP contribution in [0.1, 0.15) is 25.3 Å². The number of methoxy groups -OCH3 is 1. The Morgan fingerprint density at radius 1 is 1.21 bits per heavy atom. The van der Waals surface area contributed by atoms with Gasteiger partial charge in [-0.15, -0.1) is 0 Å². The van der Waals surface area contributed by atoms with Crippen molar-refractivity contribution in [3.05, 3.63) is 35.9 Å². The highest BCUT2D eigenvalue weighted by molar-refractivity contribution is 5.70. The average molecular weight is 395 g/mol. The Bertz CT molecular complexity index is 651. The van der Waals surface area contributed by atoms with E-state index in [9.17, 15) is 14.4 Å². The minimum atomic E-state index is -0.652. The Labute approximate surface area is 163 Å². The fraction of sp³-hybridized carbons (Fsp3) is 0.526. The van der Waals surface area contributed by atoms with E-state index in [0.717, 1.165) is 5.56 Å². The fourth-order valence-corrected chi connectivity index (χ4v) is 2.67. The predicted molar refractivity (Wildman–Crippen MR) is 96.0 cm³/mol. The van der Waals surface area contributed by atoms with Crippen molar-refractivity contribution in [2.45, 2.75) is 44.9 Å². The van der Waals surface area contributed by atoms with Gasteiger partial charge in [-0.05, 0) is 5.56 Å². The lowest BCUT2D eigenvalue weighted by Crippen LogP contribution is -2.29. The normalized spacial score (nSPS) is 21.0. The molecule has 1 heterocycles. The first-order valence-corrected chi connectivity index (χ1v) is 8.93. The summed E-state index contributed by atoms with van der Waals surface area (Å²) in [6.45, 7) is 1.85. The molecule has 0 radical (unpaired) electrons. The number of nitrogens with one attached hydrogen (secondary N) is 1. The molecular formula is C19H25NO8. The third-order valence-corrected chi connectivity index (χ3v) is 3.97. The number of carbonyl (C=O) groups is 3. The second-order valence-electron chi connectivity index (χ2n) is 6.13. The summed E-state index contributed by atoms with van der Waals surface area (Å²) >= 11 is 0. The molecule has 0 aromatic heterocycles. The smallest absolute Gasteiger partial charge is 0.407 e. The van der Waals surface area contributed by atoms with E-state index in [4.69, 9.17) is 18.9 Å². The highest BCUT2D eigenvalue weighted by Crippen LogP contribution is 2.26. The van der Waals surface area contributed by atoms with Crippen LogP contribution >= 0.6 is 0 Å². The highest BCUT2D eigenvalue weighted by Gasteiger charge is 2.39. The molecule has 0 spiro atoms. The topological polar surface area (TPSA) is 109 Å². The van der Waals surface area contributed by atoms with E-state index in [2.05, 4.69) is 10.1 Å². The van der Waals surface area contributed by atoms with Gasteiger partial charge < -0.3 is 29.0 Å². The lowest BCUT2D eigenvalue weighted by atomic mass is 10.1. The molecule has 1 aliphatic heterocycles. The molecule has 9 nitrogen and oxygen atoms in total. The van der Waals surface area contributed by atoms with Crippen molar-refractivity contribution in [3.8, 4) is 0 Å². The Kier molecular flexibility index (Phi) is 8.70. The van der Waals surface area contributed by atoms with Crippen LogP contribution in [-0.4, -0.2) is 56.8 Å². The van der Waals surface area contributed by atoms with E-state index in [-0.39, 0.29) is 26.2 Å². The van der Waals surface area contributed by atoms with Gasteiger partial charge in [0.05, 0.1) is 20.1 Å². The van der Waals surface area contributed by atoms with Crippen LogP contribution in [0.4, 0.5) is 4.79 Å². The summed E-state index contributed by atoms with van der Waals surface area (Å²) in [4.78, 5) is 34.3. The van der Waals surface area contributed by atoms with Gasteiger partial charge >= 0.3 is 18.0 Å². The van der Waals surface area contributed by atoms with Gasteiger partial charge in [0.25, 0.3) is 0 Å². The highest BCUT2D eigenvalue weighted by atomic mass is 16.7. The summed E-state index contributed by atoms with van der Waals surface area (Å²) in [5.74, 6) is -0.933. The number of alkyl carbamates (subject to hydrolysis) is 1. The number of benzene rings is 1. The molecule has 1 aliphatic rings. The number of amides is 1. The maximum Gasteiger partial charge on any atom is 0.407 e. The Morgan fingerprint density at radius 2 is 1.96 bits per heavy atom. The molecule has 1 unspecified atom stereocenters. The molecule has 28 heavy (non-hydrogen) atoms. The zero-order valence-corrected chi connectivity index (χ0v) is 15.9. The summed E-state index contributed by atoms with van der Waals surface area (Å²) in [6.07, 6.45) is -2.18. The van der Waals surface area contributed by atoms with Gasteiger partial charge in [0.2, 0.25) is 0 Å². The van der Waals surface area contributed by atoms with Gasteiger partial charge in [0.15, 0.2) is 6.29 Å². The summed E-state index contributed by atoms with van der Waals surface area (Å²) in [6, 6.07) is 9.33. The van der Waals surface area contributed by atoms with Crippen LogP contribution in [0.2, 0.25) is 0 Å². The lowest BCUT2D eigenvalue weighted by Gasteiger charge is -2.16. The van der Waals surface area contributed by atoms with Gasteiger partial charge in [-0.3, -0.25) is 9.59 Å². The van der Waals surface area contributed by atoms with Crippen molar-refractivity contribution in [1.29, 1.82) is 0 Å². The molecule has 9 heteroatoms. The van der Waals surface area contributed by atoms with Crippen molar-refractivity contribution in [1.82, 2.24) is 5.32 Å². The van der Waals surface area contributed by atoms with Crippen molar-refractivity contribution < 1.29 is 38.1 Å². The van der Waals surface area contributed by atoms with Gasteiger partial charge in [-0.1, -0.05) is 30.3 Å². The Morgan fingerprint density at radius 3 is 2.64 bits per heavy atom. The van der Waals surface area contributed by atoms with Crippen LogP contribution in [0, 0.1) is 0 Å². The molecule has 1 aromatic carbocycles. The van der Waals surface area contributed by atoms with Crippen LogP contribution in [0.3, 0.4) is 0 Å². The molecule has 0 saturated carbocycles. The SMILES string of the molecule is COC(=O)C[C@H]1OC(OCCNC(=O)OCc2ccccc2)C[C@@H]1OC(C)=O. The molecule has 1 amide bonds. The number of hydrogen-bond acceptors (Lipinski definition) is 8. The first kappa shape index (κ1) is 21.6. The maximum atomic E-state index is 11.7. The maximum absolute atomic E-state index is 11.7. The Balaban J connectivity index is 1.66. The summed E-state index contributed by atoms with van der Waals surface area (Å²) in [5, 5.41) is 2.57. The van der Waals surface area contributed by atoms with E-state index < -0.39 is 36.5 Å². The van der Waals surface area contributed by atoms with Crippen molar-refractivity contribution >= 4 is 18.0 Å². The first-order chi connectivity index (χ1) is 13.5. The zero-order chi connectivity index (χ0) is 20.4. The van der Waals surface area contributed by atoms with Crippen LogP contribution in [0.5, 0.6) is 0 Å². The van der Waals surface area contributed by atoms with Gasteiger partial charge in [0, 0.05) is 19.9 Å². The van der Waals surface area contributed by atoms with Crippen LogP contribution in [0.15, 0.2) is 30.3 Å². The molecule has 0 bridgehead atoms. The van der Waals surface area contributed by atoms with Crippen LogP contribution in [0.25, 0.3) is 0 Å². The van der Waals surface area contributed by atoms with Gasteiger partial charge in [-0.2, -0.15) is 0 Å². The third-order valence-electron chi connectivity index (χ3n) is 3.97. The largest absolute Gasteiger partial charge is 0.469 e. The van der Waals surface area contributed by atoms with E-state index in [1.54, 1.807) is 0 Å². The van der Waals surface area contributed by atoms with E-state index in [0.29, 0.717) is 6.42 Å². The lowest BCUT2D eigenvalue weighted by molar-refractivity contribution is -0.161. The minimum Gasteiger partial charge on any atom is -0.469 e. The quantitative estimate of drug-likeness (QED) is 0.381. The second-order valence-corrected chi connectivity index (χ2v) is 6.13. The molecule has 1 saturated heterocycles. The van der Waals surface area contributed by atoms with Crippen LogP contribution < -0.4 is 5.32 Å². The third kappa shape index (κ3) is 7.53. The molecular weight excluding hydrogens is 370 g/mol. The van der Waals surface area contributed by atoms with E-state index >= 15 is 0 Å². The monoisotopic (exact) mass is 395 g/mol. The average Bonchev–Trinajstić information content (AvgIpc) is 3.04. The zero-order valence-electron chi connectivity index (χ0n) is 15.9. The molecule has 154 valence electrons. The second kappa shape index (κ2) is 11.3. The molecule has 3 atom stereocenters. The van der Waals surface area contributed by atoms with Crippen LogP contribution in [-0.2, 0) is 39.9 Å². The summed E-state index contributed by atoms with van der Waals surface area (Å²) in [7, 11) is 1.27. The van der Waals surface area contributed by atoms with Crippen molar-refractivity contribution in [3.63, 3.8) is 0 Å². The number of ether oxygens (including phenoxy) is 5. The molecule has 1 fully saturated rings. The van der Waals surface area contributed by atoms with Gasteiger partial charge in [-0.25, -0.2) is 4.79 Å². The first-order valence-electron chi connectivity index (χ1n) is 8.93.